The summed E-state index contributed by atoms with van der Waals surface area (Å²) in [5, 5.41) is 0.268. The van der Waals surface area contributed by atoms with Crippen LogP contribution in [0.5, 0.6) is 0 Å². The lowest BCUT2D eigenvalue weighted by Crippen LogP contribution is -2.06. The minimum absolute atomic E-state index is 0.268. The molecule has 90 valence electrons. The number of rotatable bonds is 0. The van der Waals surface area contributed by atoms with Crippen LogP contribution in [0, 0.1) is 0 Å². The molecule has 2 rings (SSSR count). The van der Waals surface area contributed by atoms with E-state index in [1.54, 1.807) is 6.07 Å². The van der Waals surface area contributed by atoms with Gasteiger partial charge in [-0.05, 0) is 35.8 Å². The van der Waals surface area contributed by atoms with Crippen molar-refractivity contribution in [3.63, 3.8) is 0 Å². The van der Waals surface area contributed by atoms with Crippen LogP contribution in [0.3, 0.4) is 0 Å². The van der Waals surface area contributed by atoms with Gasteiger partial charge in [-0.2, -0.15) is 13.2 Å². The summed E-state index contributed by atoms with van der Waals surface area (Å²) in [7, 11) is -0.814. The Hall–Kier alpha value is -0.640. The fourth-order valence-corrected chi connectivity index (χ4v) is 4.37. The van der Waals surface area contributed by atoms with Crippen molar-refractivity contribution in [2.45, 2.75) is 24.1 Å². The second-order valence-corrected chi connectivity index (χ2v) is 9.06. The summed E-state index contributed by atoms with van der Waals surface area (Å²) in [5.41, 5.74) is 1.48. The summed E-state index contributed by atoms with van der Waals surface area (Å²) in [5.74, 6) is 0.946. The minimum atomic E-state index is -4.23. The molecule has 0 saturated heterocycles. The topological polar surface area (TPSA) is 0 Å². The number of halogens is 3. The average Bonchev–Trinajstić information content (AvgIpc) is 2.36. The molecule has 0 bridgehead atoms. The van der Waals surface area contributed by atoms with Gasteiger partial charge in [0.1, 0.15) is 0 Å². The van der Waals surface area contributed by atoms with Crippen molar-refractivity contribution in [1.29, 1.82) is 0 Å². The first-order chi connectivity index (χ1) is 7.22. The number of benzene rings is 1. The Kier molecular flexibility index (Phi) is 2.53. The lowest BCUT2D eigenvalue weighted by molar-refractivity contribution is -0.137. The maximum absolute atomic E-state index is 12.6. The second-order valence-electron chi connectivity index (χ2n) is 4.82. The van der Waals surface area contributed by atoms with Gasteiger partial charge in [-0.15, -0.1) is 0 Å². The molecule has 1 aromatic carbocycles. The maximum Gasteiger partial charge on any atom is 0.416 e. The molecule has 1 atom stereocenters. The molecule has 0 spiro atoms. The molecular formula is C12H15F3S. The number of hydrogen-bond acceptors (Lipinski definition) is 0. The van der Waals surface area contributed by atoms with E-state index in [4.69, 9.17) is 0 Å². The summed E-state index contributed by atoms with van der Waals surface area (Å²) >= 11 is 0. The van der Waals surface area contributed by atoms with E-state index in [9.17, 15) is 13.2 Å². The third kappa shape index (κ3) is 1.83. The quantitative estimate of drug-likeness (QED) is 0.640. The van der Waals surface area contributed by atoms with Gasteiger partial charge in [0.15, 0.2) is 0 Å². The van der Waals surface area contributed by atoms with Crippen LogP contribution in [-0.4, -0.2) is 12.5 Å². The van der Waals surface area contributed by atoms with Gasteiger partial charge in [-0.3, -0.25) is 0 Å². The van der Waals surface area contributed by atoms with Gasteiger partial charge in [-0.25, -0.2) is 10.0 Å². The van der Waals surface area contributed by atoms with E-state index < -0.39 is 21.8 Å². The lowest BCUT2D eigenvalue weighted by Gasteiger charge is -2.30. The van der Waals surface area contributed by atoms with Gasteiger partial charge in [0.05, 0.1) is 5.56 Å². The second kappa shape index (κ2) is 3.42. The van der Waals surface area contributed by atoms with Crippen molar-refractivity contribution in [2.75, 3.05) is 12.5 Å². The number of alkyl halides is 3. The molecule has 0 fully saturated rings. The van der Waals surface area contributed by atoms with Crippen molar-refractivity contribution in [2.24, 2.45) is 0 Å². The third-order valence-electron chi connectivity index (χ3n) is 3.40. The van der Waals surface area contributed by atoms with Crippen LogP contribution in [0.2, 0.25) is 0 Å². The van der Waals surface area contributed by atoms with Crippen LogP contribution >= 0.6 is 10.0 Å². The summed E-state index contributed by atoms with van der Waals surface area (Å²) in [6.07, 6.45) is 0.146. The zero-order chi connectivity index (χ0) is 12.1. The molecule has 1 aliphatic heterocycles. The van der Waals surface area contributed by atoms with Crippen LogP contribution in [0.1, 0.15) is 28.9 Å². The van der Waals surface area contributed by atoms with Crippen LogP contribution in [0.4, 0.5) is 13.2 Å². The van der Waals surface area contributed by atoms with Gasteiger partial charge < -0.3 is 0 Å². The van der Waals surface area contributed by atoms with Gasteiger partial charge >= 0.3 is 6.18 Å². The lowest BCUT2D eigenvalue weighted by atomic mass is 10.0. The van der Waals surface area contributed by atoms with Crippen LogP contribution in [0.25, 0.3) is 0 Å². The van der Waals surface area contributed by atoms with E-state index in [0.717, 1.165) is 16.9 Å². The van der Waals surface area contributed by atoms with Crippen molar-refractivity contribution in [1.82, 2.24) is 0 Å². The average molecular weight is 248 g/mol. The highest BCUT2D eigenvalue weighted by atomic mass is 32.3. The largest absolute Gasteiger partial charge is 0.416 e. The Balaban J connectivity index is 2.47. The van der Waals surface area contributed by atoms with E-state index in [-0.39, 0.29) is 5.25 Å². The predicted molar refractivity (Wildman–Crippen MR) is 63.0 cm³/mol. The highest BCUT2D eigenvalue weighted by Crippen LogP contribution is 2.63. The standard InChI is InChI=1S/C12H15F3S/c1-8-11-6-10(12(13,14)15)5-4-9(11)7-16(8,2)3/h4-6,8H,7H2,1-3H3. The van der Waals surface area contributed by atoms with Crippen molar-refractivity contribution < 1.29 is 13.2 Å². The highest BCUT2D eigenvalue weighted by molar-refractivity contribution is 8.32. The van der Waals surface area contributed by atoms with E-state index in [1.165, 1.54) is 12.1 Å². The molecule has 1 aliphatic rings. The molecule has 0 nitrogen and oxygen atoms in total. The number of hydrogen-bond donors (Lipinski definition) is 0. The fraction of sp³-hybridized carbons (Fsp3) is 0.500. The molecule has 0 aromatic heterocycles. The molecule has 1 heterocycles. The first-order valence-corrected chi connectivity index (χ1v) is 7.80. The Morgan fingerprint density at radius 3 is 2.44 bits per heavy atom. The first kappa shape index (κ1) is 11.8. The number of fused-ring (bicyclic) bond motifs is 1. The zero-order valence-corrected chi connectivity index (χ0v) is 10.4. The molecule has 4 heteroatoms. The Morgan fingerprint density at radius 1 is 1.25 bits per heavy atom. The van der Waals surface area contributed by atoms with Crippen LogP contribution in [0.15, 0.2) is 18.2 Å². The first-order valence-electron chi connectivity index (χ1n) is 5.12. The molecule has 0 saturated carbocycles. The molecule has 1 aromatic rings. The Bertz CT molecular complexity index is 421. The smallest absolute Gasteiger partial charge is 0.236 e. The van der Waals surface area contributed by atoms with E-state index in [2.05, 4.69) is 12.5 Å². The van der Waals surface area contributed by atoms with Crippen LogP contribution in [-0.2, 0) is 11.9 Å². The Labute approximate surface area is 95.2 Å². The van der Waals surface area contributed by atoms with Crippen LogP contribution < -0.4 is 0 Å². The minimum Gasteiger partial charge on any atom is -0.236 e. The molecule has 16 heavy (non-hydrogen) atoms. The summed E-state index contributed by atoms with van der Waals surface area (Å²) in [6, 6.07) is 4.19. The zero-order valence-electron chi connectivity index (χ0n) is 9.56. The summed E-state index contributed by atoms with van der Waals surface area (Å²) in [6.45, 7) is 2.04. The normalized spacial score (nSPS) is 25.2. The van der Waals surface area contributed by atoms with Crippen molar-refractivity contribution >= 4 is 10.0 Å². The Morgan fingerprint density at radius 2 is 1.88 bits per heavy atom. The molecular weight excluding hydrogens is 233 g/mol. The molecule has 1 unspecified atom stereocenters. The van der Waals surface area contributed by atoms with Gasteiger partial charge in [0.25, 0.3) is 0 Å². The van der Waals surface area contributed by atoms with Gasteiger partial charge in [-0.1, -0.05) is 13.0 Å². The summed E-state index contributed by atoms with van der Waals surface area (Å²) < 4.78 is 37.7. The highest BCUT2D eigenvalue weighted by Gasteiger charge is 2.36. The summed E-state index contributed by atoms with van der Waals surface area (Å²) in [4.78, 5) is 0. The SMILES string of the molecule is CC1c2cc(C(F)(F)F)ccc2CS1(C)C. The molecule has 0 radical (unpaired) electrons. The van der Waals surface area contributed by atoms with E-state index >= 15 is 0 Å². The van der Waals surface area contributed by atoms with E-state index in [1.807, 2.05) is 6.92 Å². The third-order valence-corrected chi connectivity index (χ3v) is 6.62. The van der Waals surface area contributed by atoms with Gasteiger partial charge in [0, 0.05) is 11.0 Å². The maximum atomic E-state index is 12.6. The van der Waals surface area contributed by atoms with E-state index in [0.29, 0.717) is 0 Å². The molecule has 0 N–H and O–H groups in total. The predicted octanol–water partition coefficient (Wildman–Crippen LogP) is 4.34. The van der Waals surface area contributed by atoms with Crippen molar-refractivity contribution in [3.8, 4) is 0 Å². The molecule has 0 aliphatic carbocycles. The van der Waals surface area contributed by atoms with Crippen molar-refractivity contribution in [3.05, 3.63) is 34.9 Å². The van der Waals surface area contributed by atoms with Gasteiger partial charge in [0.2, 0.25) is 0 Å². The molecule has 0 amide bonds. The fourth-order valence-electron chi connectivity index (χ4n) is 2.15. The monoisotopic (exact) mass is 248 g/mol.